The van der Waals surface area contributed by atoms with Crippen LogP contribution in [0, 0.1) is 11.3 Å². The van der Waals surface area contributed by atoms with Crippen LogP contribution in [-0.4, -0.2) is 12.5 Å². The normalized spacial score (nSPS) is 9.60. The van der Waals surface area contributed by atoms with Crippen LogP contribution >= 0.6 is 15.9 Å². The van der Waals surface area contributed by atoms with Crippen LogP contribution in [0.15, 0.2) is 53.0 Å². The van der Waals surface area contributed by atoms with E-state index in [0.29, 0.717) is 17.0 Å². The number of anilines is 1. The number of halogens is 1. The number of carbonyl (C=O) groups is 1. The van der Waals surface area contributed by atoms with Gasteiger partial charge >= 0.3 is 0 Å². The Balaban J connectivity index is 2.15. The van der Waals surface area contributed by atoms with E-state index in [9.17, 15) is 4.79 Å². The van der Waals surface area contributed by atoms with Crippen LogP contribution in [0.4, 0.5) is 5.69 Å². The molecule has 2 aromatic carbocycles. The van der Waals surface area contributed by atoms with Crippen molar-refractivity contribution < 1.29 is 9.53 Å². The zero-order valence-corrected chi connectivity index (χ0v) is 12.1. The van der Waals surface area contributed by atoms with Gasteiger partial charge in [-0.3, -0.25) is 4.79 Å². The summed E-state index contributed by atoms with van der Waals surface area (Å²) in [4.78, 5) is 12.1. The molecule has 0 heterocycles. The van der Waals surface area contributed by atoms with Crippen molar-refractivity contribution in [2.24, 2.45) is 0 Å². The van der Waals surface area contributed by atoms with Crippen LogP contribution in [0.1, 0.15) is 10.4 Å². The Kier molecular flexibility index (Phi) is 4.75. The summed E-state index contributed by atoms with van der Waals surface area (Å²) < 4.78 is 6.17. The molecule has 0 bridgehead atoms. The lowest BCUT2D eigenvalue weighted by atomic mass is 10.2. The molecule has 0 spiro atoms. The number of rotatable bonds is 4. The van der Waals surface area contributed by atoms with Gasteiger partial charge in [-0.2, -0.15) is 5.26 Å². The molecule has 0 saturated carbocycles. The molecule has 1 amide bonds. The van der Waals surface area contributed by atoms with Gasteiger partial charge in [-0.15, -0.1) is 0 Å². The van der Waals surface area contributed by atoms with E-state index in [4.69, 9.17) is 10.00 Å². The second-order valence-corrected chi connectivity index (χ2v) is 4.82. The number of nitrogens with one attached hydrogen (secondary N) is 1. The van der Waals surface area contributed by atoms with Gasteiger partial charge in [0.25, 0.3) is 5.91 Å². The van der Waals surface area contributed by atoms with Crippen molar-refractivity contribution in [3.8, 4) is 11.8 Å². The molecular weight excluding hydrogens is 320 g/mol. The van der Waals surface area contributed by atoms with E-state index in [1.807, 2.05) is 6.07 Å². The van der Waals surface area contributed by atoms with E-state index in [2.05, 4.69) is 21.2 Å². The number of hydrogen-bond donors (Lipinski definition) is 1. The van der Waals surface area contributed by atoms with Gasteiger partial charge < -0.3 is 10.1 Å². The van der Waals surface area contributed by atoms with Crippen molar-refractivity contribution in [1.29, 1.82) is 5.26 Å². The van der Waals surface area contributed by atoms with Crippen molar-refractivity contribution in [3.05, 3.63) is 58.6 Å². The topological polar surface area (TPSA) is 62.1 Å². The van der Waals surface area contributed by atoms with E-state index in [1.165, 1.54) is 0 Å². The molecule has 0 saturated heterocycles. The smallest absolute Gasteiger partial charge is 0.255 e. The highest BCUT2D eigenvalue weighted by molar-refractivity contribution is 9.10. The predicted molar refractivity (Wildman–Crippen MR) is 79.6 cm³/mol. The monoisotopic (exact) mass is 330 g/mol. The Morgan fingerprint density at radius 2 is 1.90 bits per heavy atom. The summed E-state index contributed by atoms with van der Waals surface area (Å²) in [5.74, 6) is 0.241. The van der Waals surface area contributed by atoms with Crippen LogP contribution in [0.3, 0.4) is 0 Å². The minimum atomic E-state index is -0.231. The van der Waals surface area contributed by atoms with E-state index in [-0.39, 0.29) is 12.5 Å². The fraction of sp³-hybridized carbons (Fsp3) is 0.0667. The molecule has 0 aromatic heterocycles. The molecule has 0 aliphatic heterocycles. The van der Waals surface area contributed by atoms with Gasteiger partial charge in [0, 0.05) is 10.0 Å². The summed E-state index contributed by atoms with van der Waals surface area (Å²) in [5.41, 5.74) is 1.08. The fourth-order valence-electron chi connectivity index (χ4n) is 1.60. The minimum absolute atomic E-state index is 0.0643. The highest BCUT2D eigenvalue weighted by atomic mass is 79.9. The molecule has 100 valence electrons. The van der Waals surface area contributed by atoms with Gasteiger partial charge in [0.1, 0.15) is 11.8 Å². The van der Waals surface area contributed by atoms with Gasteiger partial charge in [0.05, 0.1) is 5.69 Å². The molecule has 0 atom stereocenters. The Bertz CT molecular complexity index is 648. The number of nitriles is 1. The Morgan fingerprint density at radius 3 is 2.60 bits per heavy atom. The summed E-state index contributed by atoms with van der Waals surface area (Å²) >= 11 is 3.32. The molecule has 0 aliphatic rings. The minimum Gasteiger partial charge on any atom is -0.477 e. The van der Waals surface area contributed by atoms with E-state index >= 15 is 0 Å². The Morgan fingerprint density at radius 1 is 1.20 bits per heavy atom. The average Bonchev–Trinajstić information content (AvgIpc) is 2.47. The summed E-state index contributed by atoms with van der Waals surface area (Å²) in [6.07, 6.45) is 0. The molecule has 2 rings (SSSR count). The van der Waals surface area contributed by atoms with Crippen LogP contribution < -0.4 is 10.1 Å². The maximum atomic E-state index is 12.1. The quantitative estimate of drug-likeness (QED) is 0.931. The Hall–Kier alpha value is -2.32. The molecule has 2 aromatic rings. The predicted octanol–water partition coefficient (Wildman–Crippen LogP) is 3.60. The van der Waals surface area contributed by atoms with E-state index in [1.54, 1.807) is 48.5 Å². The van der Waals surface area contributed by atoms with Crippen LogP contribution in [0.2, 0.25) is 0 Å². The zero-order chi connectivity index (χ0) is 14.4. The summed E-state index contributed by atoms with van der Waals surface area (Å²) in [5, 5.41) is 11.3. The van der Waals surface area contributed by atoms with Crippen molar-refractivity contribution in [2.75, 3.05) is 11.9 Å². The molecule has 0 aliphatic carbocycles. The summed E-state index contributed by atoms with van der Waals surface area (Å²) in [7, 11) is 0. The van der Waals surface area contributed by atoms with Gasteiger partial charge in [0.2, 0.25) is 0 Å². The molecule has 5 heteroatoms. The lowest BCUT2D eigenvalue weighted by Gasteiger charge is -2.10. The molecule has 20 heavy (non-hydrogen) atoms. The Labute approximate surface area is 125 Å². The number of hydrogen-bond acceptors (Lipinski definition) is 3. The van der Waals surface area contributed by atoms with Gasteiger partial charge in [0.15, 0.2) is 6.61 Å². The van der Waals surface area contributed by atoms with Gasteiger partial charge in [-0.05, 0) is 36.4 Å². The molecule has 0 radical (unpaired) electrons. The third-order valence-corrected chi connectivity index (χ3v) is 3.06. The summed E-state index contributed by atoms with van der Waals surface area (Å²) in [6, 6.07) is 15.9. The van der Waals surface area contributed by atoms with Crippen molar-refractivity contribution in [3.63, 3.8) is 0 Å². The van der Waals surface area contributed by atoms with Gasteiger partial charge in [-0.1, -0.05) is 28.1 Å². The number of para-hydroxylation sites is 2. The molecule has 0 fully saturated rings. The van der Waals surface area contributed by atoms with Crippen molar-refractivity contribution in [2.45, 2.75) is 0 Å². The largest absolute Gasteiger partial charge is 0.477 e. The first-order chi connectivity index (χ1) is 9.70. The van der Waals surface area contributed by atoms with Crippen molar-refractivity contribution in [1.82, 2.24) is 0 Å². The zero-order valence-electron chi connectivity index (χ0n) is 10.5. The second-order valence-electron chi connectivity index (χ2n) is 3.90. The molecule has 0 unspecified atom stereocenters. The van der Waals surface area contributed by atoms with Gasteiger partial charge in [-0.25, -0.2) is 0 Å². The maximum Gasteiger partial charge on any atom is 0.255 e. The number of ether oxygens (including phenoxy) is 1. The van der Waals surface area contributed by atoms with Crippen molar-refractivity contribution >= 4 is 27.5 Å². The third kappa shape index (κ3) is 3.59. The number of carbonyl (C=O) groups excluding carboxylic acids is 1. The summed E-state index contributed by atoms with van der Waals surface area (Å²) in [6.45, 7) is -0.0643. The number of benzene rings is 2. The molecule has 4 nitrogen and oxygen atoms in total. The fourth-order valence-corrected chi connectivity index (χ4v) is 1.87. The molecular formula is C15H11BrN2O2. The van der Waals surface area contributed by atoms with E-state index < -0.39 is 0 Å². The van der Waals surface area contributed by atoms with E-state index in [0.717, 1.165) is 4.47 Å². The number of nitrogens with zero attached hydrogens (tertiary/aromatic N) is 1. The first-order valence-corrected chi connectivity index (χ1v) is 6.65. The highest BCUT2D eigenvalue weighted by Gasteiger charge is 2.09. The average molecular weight is 331 g/mol. The van der Waals surface area contributed by atoms with Crippen LogP contribution in [0.5, 0.6) is 5.75 Å². The lowest BCUT2D eigenvalue weighted by Crippen LogP contribution is -2.12. The lowest BCUT2D eigenvalue weighted by molar-refractivity contribution is 0.102. The maximum absolute atomic E-state index is 12.1. The van der Waals surface area contributed by atoms with Crippen LogP contribution in [-0.2, 0) is 0 Å². The van der Waals surface area contributed by atoms with Crippen LogP contribution in [0.25, 0.3) is 0 Å². The third-order valence-electron chi connectivity index (χ3n) is 2.53. The standard InChI is InChI=1S/C15H11BrN2O2/c16-12-7-5-11(6-8-12)15(19)18-13-3-1-2-4-14(13)20-10-9-17/h1-8H,10H2,(H,18,19). The SMILES string of the molecule is N#CCOc1ccccc1NC(=O)c1ccc(Br)cc1. The molecule has 1 N–H and O–H groups in total. The first kappa shape index (κ1) is 14.1. The highest BCUT2D eigenvalue weighted by Crippen LogP contribution is 2.24. The number of amides is 1. The second kappa shape index (κ2) is 6.73. The first-order valence-electron chi connectivity index (χ1n) is 5.86.